The molecule has 15 heterocycles. The number of amides is 10. The number of nitrogens with zero attached hydrogens (tertiary/aromatic N) is 23. The van der Waals surface area contributed by atoms with Gasteiger partial charge < -0.3 is 110 Å². The molecule has 12 aliphatic rings. The van der Waals surface area contributed by atoms with Crippen LogP contribution in [0.25, 0.3) is 0 Å². The third kappa shape index (κ3) is 24.9. The first-order valence-corrected chi connectivity index (χ1v) is 49.3. The van der Waals surface area contributed by atoms with E-state index in [1.165, 1.54) is 12.1 Å². The molecule has 736 valence electrons. The molecule has 12 saturated heterocycles. The minimum Gasteiger partial charge on any atom is -0.444 e. The van der Waals surface area contributed by atoms with Crippen LogP contribution in [0.3, 0.4) is 0 Å². The molecule has 18 rings (SSSR count). The number of benzene rings is 3. The van der Waals surface area contributed by atoms with E-state index in [0.717, 1.165) is 237 Å². The first kappa shape index (κ1) is 99.0. The van der Waals surface area contributed by atoms with Gasteiger partial charge in [0.15, 0.2) is 33.9 Å². The Morgan fingerprint density at radius 3 is 1.04 bits per heavy atom. The average molecular weight is 1900 g/mol. The van der Waals surface area contributed by atoms with Gasteiger partial charge in [-0.25, -0.2) is 58.7 Å². The van der Waals surface area contributed by atoms with Gasteiger partial charge in [-0.1, -0.05) is 11.6 Å². The topological polar surface area (TPSA) is 397 Å². The summed E-state index contributed by atoms with van der Waals surface area (Å²) in [5.41, 5.74) is 16.3. The monoisotopic (exact) mass is 1900 g/mol. The fourth-order valence-corrected chi connectivity index (χ4v) is 21.3. The van der Waals surface area contributed by atoms with Gasteiger partial charge in [0.2, 0.25) is 0 Å². The predicted molar refractivity (Wildman–Crippen MR) is 528 cm³/mol. The highest BCUT2D eigenvalue weighted by atomic mass is 35.5. The van der Waals surface area contributed by atoms with Gasteiger partial charge in [-0.3, -0.25) is 4.79 Å². The van der Waals surface area contributed by atoms with Crippen LogP contribution in [-0.4, -0.2) is 329 Å². The third-order valence-corrected chi connectivity index (χ3v) is 28.7. The molecule has 12 fully saturated rings. The number of rotatable bonds is 14. The lowest BCUT2D eigenvalue weighted by atomic mass is 9.80. The van der Waals surface area contributed by atoms with E-state index in [4.69, 9.17) is 52.5 Å². The number of ether oxygens (including phenoxy) is 3. The van der Waals surface area contributed by atoms with Crippen LogP contribution in [0, 0.1) is 58.2 Å². The van der Waals surface area contributed by atoms with Crippen molar-refractivity contribution in [2.75, 3.05) is 224 Å². The van der Waals surface area contributed by atoms with E-state index in [1.807, 2.05) is 155 Å². The number of likely N-dealkylation sites (tertiary alicyclic amines) is 3. The number of primary amides is 1. The zero-order valence-electron chi connectivity index (χ0n) is 81.7. The molecule has 38 heteroatoms. The maximum Gasteiger partial charge on any atom is 0.410 e. The SMILES string of the molecule is CC(C)(C)OC(=O)N1CCC2CCN(c3ccc(N)cc3)CC2C1.CN1CCN([C@@H]2CCCN(c3cnc(C#N)c(Cl)n3)C2)C1=O.CN1CCN([C@@H]2CCCN(c3cnc(C#N)c(Nc4ccc(N5CCC6CCN(C(=O)OC(C)(C)C)CC6C5)cc4)n3)C2)C1=O.CN1CCN([C@@H]2CCCN(c3cnc(C(N)=O)c(Nc4ccc(N5CCC6CCN(C(=O)OC(C)(C)C)CC6C5)cc4)n3)C2)C1=O. The molecule has 6 N–H and O–H groups in total. The summed E-state index contributed by atoms with van der Waals surface area (Å²) in [7, 11) is 5.51. The Morgan fingerprint density at radius 2 is 0.708 bits per heavy atom. The number of nitrogens with two attached hydrogens (primary N) is 2. The molecular weight excluding hydrogens is 1760 g/mol. The van der Waals surface area contributed by atoms with Crippen LogP contribution in [-0.2, 0) is 14.2 Å². The number of anilines is 11. The number of hydrogen-bond acceptors (Lipinski definition) is 27. The molecular formula is C99H138ClN27O10. The molecule has 12 aliphatic heterocycles. The summed E-state index contributed by atoms with van der Waals surface area (Å²) in [6, 6.07) is 29.1. The summed E-state index contributed by atoms with van der Waals surface area (Å²) < 4.78 is 16.8. The Kier molecular flexibility index (Phi) is 31.1. The highest BCUT2D eigenvalue weighted by molar-refractivity contribution is 6.30. The Labute approximate surface area is 810 Å². The van der Waals surface area contributed by atoms with Crippen molar-refractivity contribution < 1.29 is 47.8 Å². The Hall–Kier alpha value is -12.5. The first-order valence-electron chi connectivity index (χ1n) is 48.9. The molecule has 3 aromatic heterocycles. The molecule has 0 aliphatic carbocycles. The molecule has 0 saturated carbocycles. The number of carbonyl (C=O) groups excluding carboxylic acids is 7. The van der Waals surface area contributed by atoms with E-state index in [-0.39, 0.29) is 76.7 Å². The summed E-state index contributed by atoms with van der Waals surface area (Å²) in [4.78, 5) is 144. The van der Waals surface area contributed by atoms with Crippen LogP contribution in [0.2, 0.25) is 5.15 Å². The Bertz CT molecular complexity index is 5340. The second-order valence-corrected chi connectivity index (χ2v) is 41.9. The van der Waals surface area contributed by atoms with Crippen molar-refractivity contribution in [2.24, 2.45) is 41.2 Å². The quantitative estimate of drug-likeness (QED) is 0.0581. The van der Waals surface area contributed by atoms with Gasteiger partial charge in [0.05, 0.1) is 36.7 Å². The molecule has 6 aromatic rings. The Balaban J connectivity index is 0.000000146. The van der Waals surface area contributed by atoms with Crippen molar-refractivity contribution >= 4 is 117 Å². The number of likely N-dealkylation sites (N-methyl/N-ethyl adjacent to an activating group) is 3. The van der Waals surface area contributed by atoms with Crippen LogP contribution in [0.1, 0.15) is 161 Å². The molecule has 37 nitrogen and oxygen atoms in total. The largest absolute Gasteiger partial charge is 0.444 e. The zero-order valence-corrected chi connectivity index (χ0v) is 82.5. The van der Waals surface area contributed by atoms with Crippen molar-refractivity contribution in [1.82, 2.24) is 74.0 Å². The number of piperidine rings is 9. The van der Waals surface area contributed by atoms with E-state index in [0.29, 0.717) is 84.2 Å². The minimum atomic E-state index is -0.656. The number of urea groups is 3. The summed E-state index contributed by atoms with van der Waals surface area (Å²) in [5.74, 6) is 5.35. The van der Waals surface area contributed by atoms with Crippen LogP contribution < -0.4 is 51.5 Å². The second-order valence-electron chi connectivity index (χ2n) is 41.6. The first-order chi connectivity index (χ1) is 65.4. The fraction of sp³-hybridized carbons (Fsp3) is 0.606. The van der Waals surface area contributed by atoms with Crippen LogP contribution in [0.15, 0.2) is 91.4 Å². The van der Waals surface area contributed by atoms with Gasteiger partial charge in [0.25, 0.3) is 5.91 Å². The summed E-state index contributed by atoms with van der Waals surface area (Å²) in [5, 5.41) is 25.3. The standard InChI is InChI=1S/C33H47N9O4.C33H45N9O3.C19H29N3O2.C14H17ClN6O/c1-33(2,3)46-32(45)41-15-12-22-11-14-39(19-23(22)20-41)25-9-7-24(8-10-25)36-30-28(29(34)43)35-18-27(37-30)40-13-5-6-26(21-40)42-17-16-38(4)31(42)44;1-33(2,3)45-32(44)41-15-12-23-11-14-39(20-24(23)21-41)26-9-7-25(8-10-26)36-30-28(18-34)35-19-29(37-30)40-13-5-6-27(22-40)42-17-16-38(4)31(42)43;1-19(2,3)24-18(23)22-11-9-14-8-10-21(12-15(14)13-22)17-6-4-16(20)5-7-17;1-19-5-6-21(14(19)22)10-3-2-4-20(9-10)12-8-17-11(7-16)13(15)18-12/h7-10,18,22-23,26H,5-6,11-17,19-21H2,1-4H3,(H2,34,43)(H,36,37);7-10,19,23-24,27H,5-6,11-17,20-22H2,1-4H3,(H,36,37);4-7,14-15H,8-13,20H2,1-3H3;8,10H,2-6,9H2,1H3/t22?,23?,26-;23?,24?,27-;;10-/m11.1/s1. The number of carbonyl (C=O) groups is 7. The summed E-state index contributed by atoms with van der Waals surface area (Å²) in [6.07, 6.45) is 16.5. The molecule has 10 amide bonds. The second kappa shape index (κ2) is 43.0. The number of nitriles is 2. The smallest absolute Gasteiger partial charge is 0.410 e. The van der Waals surface area contributed by atoms with Gasteiger partial charge >= 0.3 is 36.4 Å². The van der Waals surface area contributed by atoms with Gasteiger partial charge in [-0.05, 0) is 248 Å². The molecule has 137 heavy (non-hydrogen) atoms. The van der Waals surface area contributed by atoms with Crippen molar-refractivity contribution in [3.05, 3.63) is 114 Å². The molecule has 0 spiro atoms. The minimum absolute atomic E-state index is 0.0682. The van der Waals surface area contributed by atoms with E-state index in [9.17, 15) is 38.8 Å². The highest BCUT2D eigenvalue weighted by Gasteiger charge is 2.44. The van der Waals surface area contributed by atoms with E-state index in [2.05, 4.69) is 102 Å². The fourth-order valence-electron chi connectivity index (χ4n) is 21.1. The molecule has 6 unspecified atom stereocenters. The lowest BCUT2D eigenvalue weighted by Gasteiger charge is -2.45. The molecule has 9 atom stereocenters. The normalized spacial score (nSPS) is 23.7. The molecule has 0 bridgehead atoms. The van der Waals surface area contributed by atoms with E-state index < -0.39 is 22.7 Å². The van der Waals surface area contributed by atoms with E-state index in [1.54, 1.807) is 33.3 Å². The summed E-state index contributed by atoms with van der Waals surface area (Å²) >= 11 is 5.96. The maximum atomic E-state index is 12.7. The Morgan fingerprint density at radius 1 is 0.387 bits per heavy atom. The predicted octanol–water partition coefficient (Wildman–Crippen LogP) is 12.9. The third-order valence-electron chi connectivity index (χ3n) is 28.5. The van der Waals surface area contributed by atoms with Crippen molar-refractivity contribution in [3.8, 4) is 12.1 Å². The zero-order chi connectivity index (χ0) is 97.3. The molecule has 3 aromatic carbocycles. The van der Waals surface area contributed by atoms with Gasteiger partial charge in [-0.2, -0.15) is 10.5 Å². The van der Waals surface area contributed by atoms with Crippen LogP contribution in [0.5, 0.6) is 0 Å². The molecule has 0 radical (unpaired) electrons. The van der Waals surface area contributed by atoms with Crippen molar-refractivity contribution in [1.29, 1.82) is 10.5 Å². The number of halogens is 1. The van der Waals surface area contributed by atoms with Gasteiger partial charge in [0.1, 0.15) is 46.4 Å². The number of fused-ring (bicyclic) bond motifs is 3. The van der Waals surface area contributed by atoms with Crippen LogP contribution in [0.4, 0.5) is 92.0 Å². The number of nitrogens with one attached hydrogen (secondary N) is 2. The van der Waals surface area contributed by atoms with Crippen LogP contribution >= 0.6 is 11.6 Å². The van der Waals surface area contributed by atoms with Crippen molar-refractivity contribution in [3.63, 3.8) is 0 Å². The number of aromatic nitrogens is 6. The number of hydrogen-bond donors (Lipinski definition) is 4. The summed E-state index contributed by atoms with van der Waals surface area (Å²) in [6.45, 7) is 36.6. The maximum absolute atomic E-state index is 12.7. The van der Waals surface area contributed by atoms with Crippen molar-refractivity contribution in [2.45, 2.75) is 174 Å². The van der Waals surface area contributed by atoms with Gasteiger partial charge in [0, 0.05) is 212 Å². The highest BCUT2D eigenvalue weighted by Crippen LogP contribution is 2.41. The lowest BCUT2D eigenvalue weighted by molar-refractivity contribution is 0.00771. The average Bonchev–Trinajstić information content (AvgIpc) is 1.27. The number of nitrogen functional groups attached to an aromatic ring is 1. The lowest BCUT2D eigenvalue weighted by Crippen LogP contribution is -2.52. The van der Waals surface area contributed by atoms with Gasteiger partial charge in [-0.15, -0.1) is 0 Å². The van der Waals surface area contributed by atoms with E-state index >= 15 is 0 Å².